The zero-order chi connectivity index (χ0) is 18.0. The number of allylic oxidation sites excluding steroid dienone is 1. The summed E-state index contributed by atoms with van der Waals surface area (Å²) >= 11 is 24.5. The highest BCUT2D eigenvalue weighted by atomic mass is 35.5. The SMILES string of the molecule is N#CC(=Cc1ccc(-c2c(Cl)cccc2Cl)o1)c1ccc(Cl)cc1Cl. The van der Waals surface area contributed by atoms with Gasteiger partial charge in [-0.1, -0.05) is 58.5 Å². The minimum absolute atomic E-state index is 0.354. The summed E-state index contributed by atoms with van der Waals surface area (Å²) in [6.45, 7) is 0. The number of rotatable bonds is 3. The second-order valence-electron chi connectivity index (χ2n) is 5.09. The Bertz CT molecular complexity index is 994. The number of furan rings is 1. The molecule has 0 N–H and O–H groups in total. The van der Waals surface area contributed by atoms with E-state index in [2.05, 4.69) is 6.07 Å². The maximum atomic E-state index is 9.45. The van der Waals surface area contributed by atoms with Gasteiger partial charge < -0.3 is 4.42 Å². The number of hydrogen-bond acceptors (Lipinski definition) is 2. The van der Waals surface area contributed by atoms with Crippen LogP contribution in [0.3, 0.4) is 0 Å². The van der Waals surface area contributed by atoms with Gasteiger partial charge in [0.05, 0.1) is 32.3 Å². The Morgan fingerprint density at radius 1 is 0.920 bits per heavy atom. The molecule has 0 bridgehead atoms. The Kier molecular flexibility index (Phi) is 5.42. The van der Waals surface area contributed by atoms with Gasteiger partial charge in [0.2, 0.25) is 0 Å². The molecule has 3 aromatic rings. The van der Waals surface area contributed by atoms with E-state index >= 15 is 0 Å². The van der Waals surface area contributed by atoms with Crippen molar-refractivity contribution < 1.29 is 4.42 Å². The van der Waals surface area contributed by atoms with Gasteiger partial charge in [-0.15, -0.1) is 0 Å². The topological polar surface area (TPSA) is 36.9 Å². The molecule has 0 saturated heterocycles. The second-order valence-corrected chi connectivity index (χ2v) is 6.75. The highest BCUT2D eigenvalue weighted by Crippen LogP contribution is 2.36. The number of nitrogens with zero attached hydrogens (tertiary/aromatic N) is 1. The van der Waals surface area contributed by atoms with Crippen LogP contribution in [-0.2, 0) is 0 Å². The van der Waals surface area contributed by atoms with E-state index in [1.807, 2.05) is 0 Å². The molecule has 2 aromatic carbocycles. The van der Waals surface area contributed by atoms with Crippen LogP contribution in [-0.4, -0.2) is 0 Å². The summed E-state index contributed by atoms with van der Waals surface area (Å²) in [5.41, 5.74) is 1.53. The minimum Gasteiger partial charge on any atom is -0.457 e. The fourth-order valence-corrected chi connectivity index (χ4v) is 3.41. The number of halogens is 4. The van der Waals surface area contributed by atoms with E-state index in [-0.39, 0.29) is 0 Å². The summed E-state index contributed by atoms with van der Waals surface area (Å²) in [6.07, 6.45) is 1.60. The summed E-state index contributed by atoms with van der Waals surface area (Å²) in [4.78, 5) is 0. The van der Waals surface area contributed by atoms with Crippen LogP contribution in [0.4, 0.5) is 0 Å². The van der Waals surface area contributed by atoms with E-state index in [9.17, 15) is 5.26 Å². The van der Waals surface area contributed by atoms with Crippen molar-refractivity contribution in [3.8, 4) is 17.4 Å². The third-order valence-corrected chi connectivity index (χ3v) is 4.64. The third kappa shape index (κ3) is 3.86. The van der Waals surface area contributed by atoms with E-state index in [0.717, 1.165) is 0 Å². The summed E-state index contributed by atoms with van der Waals surface area (Å²) < 4.78 is 5.78. The van der Waals surface area contributed by atoms with Crippen molar-refractivity contribution in [2.45, 2.75) is 0 Å². The first-order valence-electron chi connectivity index (χ1n) is 7.11. The molecule has 25 heavy (non-hydrogen) atoms. The molecule has 1 aromatic heterocycles. The predicted octanol–water partition coefficient (Wildman–Crippen LogP) is 7.62. The molecule has 0 fully saturated rings. The van der Waals surface area contributed by atoms with Gasteiger partial charge in [-0.3, -0.25) is 0 Å². The lowest BCUT2D eigenvalue weighted by atomic mass is 10.1. The molecule has 0 spiro atoms. The fraction of sp³-hybridized carbons (Fsp3) is 0. The lowest BCUT2D eigenvalue weighted by Gasteiger charge is -2.04. The summed E-state index contributed by atoms with van der Waals surface area (Å²) in [7, 11) is 0. The molecule has 0 aliphatic heterocycles. The second kappa shape index (κ2) is 7.56. The van der Waals surface area contributed by atoms with Gasteiger partial charge >= 0.3 is 0 Å². The molecule has 6 heteroatoms. The average molecular weight is 409 g/mol. The number of hydrogen-bond donors (Lipinski definition) is 0. The first kappa shape index (κ1) is 17.9. The molecule has 124 valence electrons. The predicted molar refractivity (Wildman–Crippen MR) is 104 cm³/mol. The van der Waals surface area contributed by atoms with E-state index in [4.69, 9.17) is 50.8 Å². The Labute approximate surface area is 164 Å². The molecule has 0 saturated carbocycles. The van der Waals surface area contributed by atoms with Crippen LogP contribution in [0.25, 0.3) is 23.0 Å². The van der Waals surface area contributed by atoms with Crippen LogP contribution in [0.15, 0.2) is 52.9 Å². The van der Waals surface area contributed by atoms with Gasteiger partial charge in [0.25, 0.3) is 0 Å². The maximum Gasteiger partial charge on any atom is 0.137 e. The Morgan fingerprint density at radius 2 is 1.64 bits per heavy atom. The van der Waals surface area contributed by atoms with Crippen molar-refractivity contribution in [3.05, 3.63) is 79.9 Å². The van der Waals surface area contributed by atoms with Crippen molar-refractivity contribution in [1.82, 2.24) is 0 Å². The summed E-state index contributed by atoms with van der Waals surface area (Å²) in [5, 5.41) is 11.3. The molecule has 0 aliphatic carbocycles. The van der Waals surface area contributed by atoms with Crippen LogP contribution in [0.5, 0.6) is 0 Å². The minimum atomic E-state index is 0.354. The van der Waals surface area contributed by atoms with Gasteiger partial charge in [0, 0.05) is 10.6 Å². The van der Waals surface area contributed by atoms with Gasteiger partial charge in [-0.2, -0.15) is 5.26 Å². The van der Waals surface area contributed by atoms with Crippen LogP contribution < -0.4 is 0 Å². The number of benzene rings is 2. The first-order chi connectivity index (χ1) is 12.0. The molecule has 0 aliphatic rings. The van der Waals surface area contributed by atoms with E-state index in [1.54, 1.807) is 54.6 Å². The standard InChI is InChI=1S/C19H9Cl4NO/c20-12-4-6-14(17(23)9-12)11(10-24)8-13-5-7-18(25-13)19-15(21)2-1-3-16(19)22/h1-9H. The van der Waals surface area contributed by atoms with E-state index in [0.29, 0.717) is 48.3 Å². The Hall–Kier alpha value is -1.89. The van der Waals surface area contributed by atoms with Crippen molar-refractivity contribution in [1.29, 1.82) is 5.26 Å². The van der Waals surface area contributed by atoms with Crippen molar-refractivity contribution in [2.75, 3.05) is 0 Å². The van der Waals surface area contributed by atoms with Gasteiger partial charge in [0.15, 0.2) is 0 Å². The van der Waals surface area contributed by atoms with Gasteiger partial charge in [-0.25, -0.2) is 0 Å². The molecule has 0 amide bonds. The normalized spacial score (nSPS) is 11.4. The van der Waals surface area contributed by atoms with Gasteiger partial charge in [0.1, 0.15) is 11.5 Å². The van der Waals surface area contributed by atoms with Crippen molar-refractivity contribution >= 4 is 58.1 Å². The molecule has 0 radical (unpaired) electrons. The highest BCUT2D eigenvalue weighted by molar-refractivity contribution is 6.39. The van der Waals surface area contributed by atoms with Crippen LogP contribution in [0.1, 0.15) is 11.3 Å². The lowest BCUT2D eigenvalue weighted by Crippen LogP contribution is -1.83. The molecular weight excluding hydrogens is 400 g/mol. The van der Waals surface area contributed by atoms with Crippen LogP contribution >= 0.6 is 46.4 Å². The zero-order valence-electron chi connectivity index (χ0n) is 12.6. The third-order valence-electron chi connectivity index (χ3n) is 3.46. The van der Waals surface area contributed by atoms with Crippen LogP contribution in [0, 0.1) is 11.3 Å². The molecule has 0 atom stereocenters. The molecular formula is C19H9Cl4NO. The fourth-order valence-electron chi connectivity index (χ4n) is 2.32. The average Bonchev–Trinajstić information content (AvgIpc) is 3.01. The van der Waals surface area contributed by atoms with Crippen molar-refractivity contribution in [3.63, 3.8) is 0 Å². The molecule has 0 unspecified atom stereocenters. The monoisotopic (exact) mass is 407 g/mol. The maximum absolute atomic E-state index is 9.45. The Morgan fingerprint density at radius 3 is 2.28 bits per heavy atom. The van der Waals surface area contributed by atoms with E-state index in [1.165, 1.54) is 0 Å². The molecule has 2 nitrogen and oxygen atoms in total. The first-order valence-corrected chi connectivity index (χ1v) is 8.62. The van der Waals surface area contributed by atoms with Crippen molar-refractivity contribution in [2.24, 2.45) is 0 Å². The smallest absolute Gasteiger partial charge is 0.137 e. The summed E-state index contributed by atoms with van der Waals surface area (Å²) in [6, 6.07) is 15.8. The largest absolute Gasteiger partial charge is 0.457 e. The van der Waals surface area contributed by atoms with Gasteiger partial charge in [-0.05, 0) is 42.5 Å². The highest BCUT2D eigenvalue weighted by Gasteiger charge is 2.13. The van der Waals surface area contributed by atoms with Crippen LogP contribution in [0.2, 0.25) is 20.1 Å². The molecule has 1 heterocycles. The zero-order valence-corrected chi connectivity index (χ0v) is 15.6. The quantitative estimate of drug-likeness (QED) is 0.417. The lowest BCUT2D eigenvalue weighted by molar-refractivity contribution is 0.572. The number of nitriles is 1. The Balaban J connectivity index is 2.02. The van der Waals surface area contributed by atoms with E-state index < -0.39 is 0 Å². The summed E-state index contributed by atoms with van der Waals surface area (Å²) in [5.74, 6) is 0.995. The molecule has 3 rings (SSSR count).